The van der Waals surface area contributed by atoms with Gasteiger partial charge in [-0.2, -0.15) is 4.99 Å². The molecule has 0 aliphatic carbocycles. The number of nitrogens with zero attached hydrogens (tertiary/aromatic N) is 1. The van der Waals surface area contributed by atoms with Crippen LogP contribution in [0, 0.1) is 5.41 Å². The second-order valence-electron chi connectivity index (χ2n) is 4.78. The first-order chi connectivity index (χ1) is 7.95. The molecule has 1 aromatic carbocycles. The number of rotatable bonds is 2. The lowest BCUT2D eigenvalue weighted by atomic mass is 9.85. The summed E-state index contributed by atoms with van der Waals surface area (Å²) in [5, 5.41) is 0. The molecule has 3 nitrogen and oxygen atoms in total. The zero-order valence-corrected chi connectivity index (χ0v) is 10.9. The van der Waals surface area contributed by atoms with Crippen LogP contribution in [0.15, 0.2) is 35.3 Å². The van der Waals surface area contributed by atoms with Crippen molar-refractivity contribution in [1.29, 1.82) is 0 Å². The zero-order chi connectivity index (χ0) is 12.9. The van der Waals surface area contributed by atoms with Gasteiger partial charge in [0.05, 0.1) is 12.3 Å². The molecule has 3 heteroatoms. The Balaban J connectivity index is 3.10. The number of carbonyl (C=O) groups excluding carboxylic acids is 1. The molecule has 0 aromatic heterocycles. The van der Waals surface area contributed by atoms with Gasteiger partial charge in [-0.05, 0) is 12.5 Å². The smallest absolute Gasteiger partial charge is 0.433 e. The third-order valence-electron chi connectivity index (χ3n) is 2.23. The molecule has 0 aliphatic heterocycles. The van der Waals surface area contributed by atoms with E-state index < -0.39 is 6.09 Å². The summed E-state index contributed by atoms with van der Waals surface area (Å²) in [7, 11) is 0. The van der Waals surface area contributed by atoms with E-state index in [2.05, 4.69) is 4.99 Å². The average Bonchev–Trinajstić information content (AvgIpc) is 2.26. The Hall–Kier alpha value is -1.64. The standard InChI is InChI=1S/C14H19NO2/c1-5-17-13(16)15-12(14(2,3)4)11-9-7-6-8-10-11/h6-10H,5H2,1-4H3. The van der Waals surface area contributed by atoms with Crippen molar-refractivity contribution < 1.29 is 9.53 Å². The fraction of sp³-hybridized carbons (Fsp3) is 0.429. The molecule has 0 unspecified atom stereocenters. The first-order valence-corrected chi connectivity index (χ1v) is 5.76. The van der Waals surface area contributed by atoms with E-state index in [1.54, 1.807) is 6.92 Å². The van der Waals surface area contributed by atoms with Gasteiger partial charge in [0.1, 0.15) is 0 Å². The first kappa shape index (κ1) is 13.4. The van der Waals surface area contributed by atoms with Gasteiger partial charge >= 0.3 is 6.09 Å². The molecule has 0 saturated carbocycles. The van der Waals surface area contributed by atoms with Crippen LogP contribution < -0.4 is 0 Å². The van der Waals surface area contributed by atoms with Crippen LogP contribution in [0.2, 0.25) is 0 Å². The van der Waals surface area contributed by atoms with Crippen LogP contribution in [0.4, 0.5) is 4.79 Å². The van der Waals surface area contributed by atoms with Crippen LogP contribution in [0.1, 0.15) is 33.3 Å². The molecular formula is C14H19NO2. The Labute approximate surface area is 103 Å². The Bertz CT molecular complexity index is 402. The highest BCUT2D eigenvalue weighted by atomic mass is 16.5. The molecule has 92 valence electrons. The zero-order valence-electron chi connectivity index (χ0n) is 10.9. The predicted octanol–water partition coefficient (Wildman–Crippen LogP) is 3.68. The average molecular weight is 233 g/mol. The molecular weight excluding hydrogens is 214 g/mol. The van der Waals surface area contributed by atoms with Gasteiger partial charge < -0.3 is 4.74 Å². The molecule has 0 bridgehead atoms. The Morgan fingerprint density at radius 2 is 1.82 bits per heavy atom. The number of hydrogen-bond acceptors (Lipinski definition) is 2. The maximum absolute atomic E-state index is 11.5. The van der Waals surface area contributed by atoms with Crippen LogP contribution >= 0.6 is 0 Å². The molecule has 0 spiro atoms. The number of carbonyl (C=O) groups is 1. The lowest BCUT2D eigenvalue weighted by Gasteiger charge is -2.21. The summed E-state index contributed by atoms with van der Waals surface area (Å²) in [5.74, 6) is 0. The van der Waals surface area contributed by atoms with Crippen LogP contribution in [0.25, 0.3) is 0 Å². The van der Waals surface area contributed by atoms with Gasteiger partial charge in [-0.25, -0.2) is 4.79 Å². The maximum atomic E-state index is 11.5. The van der Waals surface area contributed by atoms with E-state index in [1.807, 2.05) is 51.1 Å². The minimum absolute atomic E-state index is 0.200. The summed E-state index contributed by atoms with van der Waals surface area (Å²) < 4.78 is 4.86. The third kappa shape index (κ3) is 4.02. The number of aliphatic imine (C=N–C) groups is 1. The molecule has 0 radical (unpaired) electrons. The highest BCUT2D eigenvalue weighted by Gasteiger charge is 2.22. The van der Waals surface area contributed by atoms with Gasteiger partial charge in [-0.15, -0.1) is 0 Å². The van der Waals surface area contributed by atoms with Gasteiger partial charge in [0.25, 0.3) is 0 Å². The van der Waals surface area contributed by atoms with Gasteiger partial charge in [-0.1, -0.05) is 51.1 Å². The fourth-order valence-corrected chi connectivity index (χ4v) is 1.51. The van der Waals surface area contributed by atoms with Crippen molar-refractivity contribution >= 4 is 11.8 Å². The number of benzene rings is 1. The second-order valence-corrected chi connectivity index (χ2v) is 4.78. The molecule has 0 aliphatic rings. The van der Waals surface area contributed by atoms with E-state index in [1.165, 1.54) is 0 Å². The lowest BCUT2D eigenvalue weighted by molar-refractivity contribution is 0.163. The normalized spacial score (nSPS) is 12.4. The number of hydrogen-bond donors (Lipinski definition) is 0. The number of ether oxygens (including phenoxy) is 1. The van der Waals surface area contributed by atoms with Crippen LogP contribution in [0.5, 0.6) is 0 Å². The molecule has 1 rings (SSSR count). The monoisotopic (exact) mass is 233 g/mol. The van der Waals surface area contributed by atoms with E-state index >= 15 is 0 Å². The molecule has 0 saturated heterocycles. The van der Waals surface area contributed by atoms with Crippen molar-refractivity contribution in [3.63, 3.8) is 0 Å². The fourth-order valence-electron chi connectivity index (χ4n) is 1.51. The highest BCUT2D eigenvalue weighted by molar-refractivity contribution is 6.08. The van der Waals surface area contributed by atoms with E-state index in [0.29, 0.717) is 6.61 Å². The van der Waals surface area contributed by atoms with Gasteiger partial charge in [0.15, 0.2) is 0 Å². The maximum Gasteiger partial charge on any atom is 0.433 e. The van der Waals surface area contributed by atoms with Crippen LogP contribution in [-0.2, 0) is 4.74 Å². The van der Waals surface area contributed by atoms with Gasteiger partial charge in [-0.3, -0.25) is 0 Å². The minimum Gasteiger partial charge on any atom is -0.448 e. The molecule has 1 aromatic rings. The molecule has 0 heterocycles. The van der Waals surface area contributed by atoms with Gasteiger partial charge in [0, 0.05) is 5.41 Å². The van der Waals surface area contributed by atoms with Crippen molar-refractivity contribution in [3.8, 4) is 0 Å². The molecule has 0 fully saturated rings. The van der Waals surface area contributed by atoms with E-state index in [-0.39, 0.29) is 5.41 Å². The SMILES string of the molecule is CCOC(=O)N=C(c1ccccc1)C(C)(C)C. The minimum atomic E-state index is -0.527. The summed E-state index contributed by atoms with van der Waals surface area (Å²) in [5.41, 5.74) is 1.50. The highest BCUT2D eigenvalue weighted by Crippen LogP contribution is 2.22. The second kappa shape index (κ2) is 5.62. The summed E-state index contributed by atoms with van der Waals surface area (Å²) in [6.45, 7) is 8.19. The van der Waals surface area contributed by atoms with Crippen molar-refractivity contribution in [2.75, 3.05) is 6.61 Å². The van der Waals surface area contributed by atoms with Crippen molar-refractivity contribution in [2.45, 2.75) is 27.7 Å². The summed E-state index contributed by atoms with van der Waals surface area (Å²) >= 11 is 0. The number of amides is 1. The summed E-state index contributed by atoms with van der Waals surface area (Å²) in [4.78, 5) is 15.5. The van der Waals surface area contributed by atoms with Crippen molar-refractivity contribution in [3.05, 3.63) is 35.9 Å². The molecule has 1 amide bonds. The third-order valence-corrected chi connectivity index (χ3v) is 2.23. The first-order valence-electron chi connectivity index (χ1n) is 5.76. The molecule has 17 heavy (non-hydrogen) atoms. The molecule has 0 N–H and O–H groups in total. The van der Waals surface area contributed by atoms with E-state index in [0.717, 1.165) is 11.3 Å². The topological polar surface area (TPSA) is 38.7 Å². The van der Waals surface area contributed by atoms with E-state index in [4.69, 9.17) is 4.74 Å². The van der Waals surface area contributed by atoms with Crippen molar-refractivity contribution in [2.24, 2.45) is 10.4 Å². The Morgan fingerprint density at radius 1 is 1.24 bits per heavy atom. The summed E-state index contributed by atoms with van der Waals surface area (Å²) in [6.07, 6.45) is -0.527. The van der Waals surface area contributed by atoms with E-state index in [9.17, 15) is 4.79 Å². The quantitative estimate of drug-likeness (QED) is 0.731. The van der Waals surface area contributed by atoms with Gasteiger partial charge in [0.2, 0.25) is 0 Å². The molecule has 0 atom stereocenters. The Kier molecular flexibility index (Phi) is 4.44. The van der Waals surface area contributed by atoms with Crippen LogP contribution in [-0.4, -0.2) is 18.4 Å². The summed E-state index contributed by atoms with van der Waals surface area (Å²) in [6, 6.07) is 9.70. The van der Waals surface area contributed by atoms with Crippen LogP contribution in [0.3, 0.4) is 0 Å². The predicted molar refractivity (Wildman–Crippen MR) is 69.5 cm³/mol. The van der Waals surface area contributed by atoms with Crippen molar-refractivity contribution in [1.82, 2.24) is 0 Å². The lowest BCUT2D eigenvalue weighted by Crippen LogP contribution is -2.23. The largest absolute Gasteiger partial charge is 0.448 e. The Morgan fingerprint density at radius 3 is 2.29 bits per heavy atom.